The molecule has 0 saturated carbocycles. The van der Waals surface area contributed by atoms with Crippen LogP contribution in [0.15, 0.2) is 41.1 Å². The Kier molecular flexibility index (Phi) is 5.58. The Hall–Kier alpha value is -2.80. The van der Waals surface area contributed by atoms with Gasteiger partial charge in [-0.1, -0.05) is 28.9 Å². The predicted octanol–water partition coefficient (Wildman–Crippen LogP) is 3.36. The molecule has 0 unspecified atom stereocenters. The summed E-state index contributed by atoms with van der Waals surface area (Å²) >= 11 is 6.09. The average Bonchev–Trinajstić information content (AvgIpc) is 3.25. The van der Waals surface area contributed by atoms with E-state index in [9.17, 15) is 4.79 Å². The summed E-state index contributed by atoms with van der Waals surface area (Å²) < 4.78 is 12.7. The summed E-state index contributed by atoms with van der Waals surface area (Å²) in [5.41, 5.74) is 1.56. The Morgan fingerprint density at radius 1 is 1.35 bits per heavy atom. The SMILES string of the molecule is CCn1ccc(CNC(=O)c2noc(C)c2COc2ccccc2Cl)n1. The molecule has 0 atom stereocenters. The molecule has 0 aliphatic rings. The molecule has 3 rings (SSSR count). The number of hydrogen-bond acceptors (Lipinski definition) is 5. The maximum atomic E-state index is 12.5. The molecule has 0 spiro atoms. The van der Waals surface area contributed by atoms with Crippen LogP contribution < -0.4 is 10.1 Å². The zero-order valence-electron chi connectivity index (χ0n) is 14.5. The number of ether oxygens (including phenoxy) is 1. The fourth-order valence-corrected chi connectivity index (χ4v) is 2.57. The van der Waals surface area contributed by atoms with Crippen molar-refractivity contribution in [3.8, 4) is 5.75 Å². The van der Waals surface area contributed by atoms with Crippen LogP contribution in [-0.2, 0) is 19.7 Å². The lowest BCUT2D eigenvalue weighted by Gasteiger charge is -2.08. The van der Waals surface area contributed by atoms with Crippen molar-refractivity contribution in [2.75, 3.05) is 0 Å². The molecule has 2 heterocycles. The highest BCUT2D eigenvalue weighted by atomic mass is 35.5. The van der Waals surface area contributed by atoms with E-state index in [1.54, 1.807) is 23.7 Å². The second-order valence-corrected chi connectivity index (χ2v) is 6.04. The van der Waals surface area contributed by atoms with Gasteiger partial charge in [-0.25, -0.2) is 0 Å². The van der Waals surface area contributed by atoms with Crippen molar-refractivity contribution in [1.82, 2.24) is 20.3 Å². The summed E-state index contributed by atoms with van der Waals surface area (Å²) in [6.07, 6.45) is 1.87. The Bertz CT molecular complexity index is 903. The Morgan fingerprint density at radius 3 is 2.88 bits per heavy atom. The molecule has 1 N–H and O–H groups in total. The van der Waals surface area contributed by atoms with Gasteiger partial charge in [0.05, 0.1) is 22.8 Å². The first kappa shape index (κ1) is 18.0. The maximum Gasteiger partial charge on any atom is 0.274 e. The molecule has 0 radical (unpaired) electrons. The van der Waals surface area contributed by atoms with E-state index in [0.29, 0.717) is 28.6 Å². The van der Waals surface area contributed by atoms with Gasteiger partial charge in [-0.2, -0.15) is 5.10 Å². The summed E-state index contributed by atoms with van der Waals surface area (Å²) in [5, 5.41) is 11.5. The van der Waals surface area contributed by atoms with Gasteiger partial charge >= 0.3 is 0 Å². The minimum absolute atomic E-state index is 0.131. The number of halogens is 1. The van der Waals surface area contributed by atoms with Gasteiger partial charge in [-0.3, -0.25) is 9.48 Å². The van der Waals surface area contributed by atoms with Crippen LogP contribution in [0.25, 0.3) is 0 Å². The van der Waals surface area contributed by atoms with E-state index in [2.05, 4.69) is 15.6 Å². The second kappa shape index (κ2) is 8.05. The molecule has 26 heavy (non-hydrogen) atoms. The highest BCUT2D eigenvalue weighted by Gasteiger charge is 2.20. The molecular formula is C18H19ClN4O3. The van der Waals surface area contributed by atoms with Crippen LogP contribution in [0.5, 0.6) is 5.75 Å². The number of nitrogens with one attached hydrogen (secondary N) is 1. The topological polar surface area (TPSA) is 82.2 Å². The molecule has 0 aliphatic carbocycles. The van der Waals surface area contributed by atoms with Gasteiger partial charge in [-0.15, -0.1) is 0 Å². The molecule has 0 bridgehead atoms. The summed E-state index contributed by atoms with van der Waals surface area (Å²) in [4.78, 5) is 12.5. The molecule has 2 aromatic heterocycles. The van der Waals surface area contributed by atoms with Crippen molar-refractivity contribution in [1.29, 1.82) is 0 Å². The monoisotopic (exact) mass is 374 g/mol. The number of aryl methyl sites for hydroxylation is 2. The Labute approximate surface area is 155 Å². The van der Waals surface area contributed by atoms with Gasteiger partial charge in [0, 0.05) is 12.7 Å². The molecule has 136 valence electrons. The Morgan fingerprint density at radius 2 is 2.15 bits per heavy atom. The standard InChI is InChI=1S/C18H19ClN4O3/c1-3-23-9-8-13(21-23)10-20-18(24)17-14(12(2)26-22-17)11-25-16-7-5-4-6-15(16)19/h4-9H,3,10-11H2,1-2H3,(H,20,24). The van der Waals surface area contributed by atoms with Crippen molar-refractivity contribution in [2.45, 2.75) is 33.5 Å². The minimum Gasteiger partial charge on any atom is -0.487 e. The lowest BCUT2D eigenvalue weighted by molar-refractivity contribution is 0.0939. The molecule has 0 saturated heterocycles. The number of rotatable bonds is 7. The normalized spacial score (nSPS) is 10.7. The number of hydrogen-bond donors (Lipinski definition) is 1. The predicted molar refractivity (Wildman–Crippen MR) is 96.1 cm³/mol. The van der Waals surface area contributed by atoms with Crippen LogP contribution in [-0.4, -0.2) is 20.8 Å². The van der Waals surface area contributed by atoms with Gasteiger partial charge in [0.15, 0.2) is 5.69 Å². The average molecular weight is 375 g/mol. The fraction of sp³-hybridized carbons (Fsp3) is 0.278. The molecule has 3 aromatic rings. The van der Waals surface area contributed by atoms with Gasteiger partial charge in [0.2, 0.25) is 0 Å². The van der Waals surface area contributed by atoms with Crippen LogP contribution in [0.2, 0.25) is 5.02 Å². The summed E-state index contributed by atoms with van der Waals surface area (Å²) in [7, 11) is 0. The van der Waals surface area contributed by atoms with E-state index in [1.807, 2.05) is 31.3 Å². The first-order valence-corrected chi connectivity index (χ1v) is 8.59. The summed E-state index contributed by atoms with van der Waals surface area (Å²) in [6.45, 7) is 4.95. The number of nitrogens with zero attached hydrogens (tertiary/aromatic N) is 3. The molecule has 0 fully saturated rings. The van der Waals surface area contributed by atoms with E-state index in [4.69, 9.17) is 20.9 Å². The minimum atomic E-state index is -0.342. The maximum absolute atomic E-state index is 12.5. The second-order valence-electron chi connectivity index (χ2n) is 5.63. The van der Waals surface area contributed by atoms with Crippen molar-refractivity contribution in [3.63, 3.8) is 0 Å². The smallest absolute Gasteiger partial charge is 0.274 e. The number of benzene rings is 1. The third-order valence-corrected chi connectivity index (χ3v) is 4.17. The van der Waals surface area contributed by atoms with Gasteiger partial charge < -0.3 is 14.6 Å². The van der Waals surface area contributed by atoms with E-state index in [-0.39, 0.29) is 18.2 Å². The largest absolute Gasteiger partial charge is 0.487 e. The van der Waals surface area contributed by atoms with E-state index >= 15 is 0 Å². The van der Waals surface area contributed by atoms with Crippen LogP contribution >= 0.6 is 11.6 Å². The summed E-state index contributed by atoms with van der Waals surface area (Å²) in [6, 6.07) is 9.00. The van der Waals surface area contributed by atoms with Crippen LogP contribution in [0.4, 0.5) is 0 Å². The highest BCUT2D eigenvalue weighted by Crippen LogP contribution is 2.25. The van der Waals surface area contributed by atoms with Crippen LogP contribution in [0.3, 0.4) is 0 Å². The van der Waals surface area contributed by atoms with Gasteiger partial charge in [0.25, 0.3) is 5.91 Å². The Balaban J connectivity index is 1.66. The molecular weight excluding hydrogens is 356 g/mol. The van der Waals surface area contributed by atoms with Crippen molar-refractivity contribution < 1.29 is 14.1 Å². The number of carbonyl (C=O) groups excluding carboxylic acids is 1. The first-order chi connectivity index (χ1) is 12.6. The van der Waals surface area contributed by atoms with Crippen molar-refractivity contribution >= 4 is 17.5 Å². The lowest BCUT2D eigenvalue weighted by atomic mass is 10.2. The number of aromatic nitrogens is 3. The fourth-order valence-electron chi connectivity index (χ4n) is 2.38. The summed E-state index contributed by atoms with van der Waals surface area (Å²) in [5.74, 6) is 0.717. The third-order valence-electron chi connectivity index (χ3n) is 3.86. The number of para-hydroxylation sites is 1. The molecule has 1 amide bonds. The molecule has 1 aromatic carbocycles. The number of amides is 1. The van der Waals surface area contributed by atoms with E-state index in [1.165, 1.54) is 0 Å². The molecule has 7 nitrogen and oxygen atoms in total. The lowest BCUT2D eigenvalue weighted by Crippen LogP contribution is -2.25. The van der Waals surface area contributed by atoms with Crippen LogP contribution in [0, 0.1) is 6.92 Å². The van der Waals surface area contributed by atoms with E-state index in [0.717, 1.165) is 12.2 Å². The molecule has 0 aliphatic heterocycles. The van der Waals surface area contributed by atoms with Crippen LogP contribution in [0.1, 0.15) is 34.4 Å². The highest BCUT2D eigenvalue weighted by molar-refractivity contribution is 6.32. The van der Waals surface area contributed by atoms with E-state index < -0.39 is 0 Å². The first-order valence-electron chi connectivity index (χ1n) is 8.21. The quantitative estimate of drug-likeness (QED) is 0.685. The molecule has 8 heteroatoms. The number of carbonyl (C=O) groups is 1. The zero-order valence-corrected chi connectivity index (χ0v) is 15.3. The van der Waals surface area contributed by atoms with Gasteiger partial charge in [0.1, 0.15) is 18.1 Å². The van der Waals surface area contributed by atoms with Crippen molar-refractivity contribution in [3.05, 3.63) is 64.3 Å². The van der Waals surface area contributed by atoms with Crippen molar-refractivity contribution in [2.24, 2.45) is 0 Å². The zero-order chi connectivity index (χ0) is 18.5. The third kappa shape index (κ3) is 4.05. The van der Waals surface area contributed by atoms with Gasteiger partial charge in [-0.05, 0) is 32.0 Å².